The molecule has 7 nitrogen and oxygen atoms in total. The van der Waals surface area contributed by atoms with Gasteiger partial charge < -0.3 is 10.1 Å². The summed E-state index contributed by atoms with van der Waals surface area (Å²) < 4.78 is 5.64. The van der Waals surface area contributed by atoms with Crippen molar-refractivity contribution >= 4 is 11.9 Å². The van der Waals surface area contributed by atoms with Gasteiger partial charge in [-0.25, -0.2) is 5.48 Å². The van der Waals surface area contributed by atoms with E-state index in [4.69, 9.17) is 9.94 Å². The number of nitrogens with zero attached hydrogens (tertiary/aromatic N) is 1. The van der Waals surface area contributed by atoms with Crippen LogP contribution in [0.25, 0.3) is 0 Å². The lowest BCUT2D eigenvalue weighted by atomic mass is 10.1. The van der Waals surface area contributed by atoms with Crippen LogP contribution in [0, 0.1) is 0 Å². The van der Waals surface area contributed by atoms with E-state index in [1.807, 2.05) is 12.1 Å². The zero-order valence-corrected chi connectivity index (χ0v) is 15.7. The molecular formula is C20H29N3O4. The Balaban J connectivity index is 1.46. The summed E-state index contributed by atoms with van der Waals surface area (Å²) in [5.74, 6) is -0.500. The van der Waals surface area contributed by atoms with E-state index in [1.54, 1.807) is 5.48 Å². The molecule has 1 amide bonds. The molecule has 0 radical (unpaired) electrons. The van der Waals surface area contributed by atoms with Gasteiger partial charge >= 0.3 is 5.97 Å². The molecule has 1 aliphatic heterocycles. The first-order valence-electron chi connectivity index (χ1n) is 9.81. The third kappa shape index (κ3) is 6.02. The third-order valence-corrected chi connectivity index (χ3v) is 5.32. The SMILES string of the molecule is O=C(CCc1ccc(CN2CCNC(C(=O)OC3CCCC3)C2)cc1)NO. The van der Waals surface area contributed by atoms with E-state index in [0.29, 0.717) is 13.0 Å². The van der Waals surface area contributed by atoms with Crippen LogP contribution in [0.1, 0.15) is 43.2 Å². The van der Waals surface area contributed by atoms with Gasteiger partial charge in [-0.05, 0) is 43.2 Å². The van der Waals surface area contributed by atoms with Crippen molar-refractivity contribution in [3.05, 3.63) is 35.4 Å². The monoisotopic (exact) mass is 375 g/mol. The molecule has 2 aliphatic rings. The fraction of sp³-hybridized carbons (Fsp3) is 0.600. The van der Waals surface area contributed by atoms with Crippen LogP contribution in [0.4, 0.5) is 0 Å². The molecular weight excluding hydrogens is 346 g/mol. The molecule has 1 saturated heterocycles. The van der Waals surface area contributed by atoms with E-state index in [0.717, 1.165) is 50.9 Å². The van der Waals surface area contributed by atoms with Gasteiger partial charge in [-0.3, -0.25) is 19.7 Å². The number of nitrogens with one attached hydrogen (secondary N) is 2. The molecule has 3 rings (SSSR count). The Morgan fingerprint density at radius 1 is 1.19 bits per heavy atom. The molecule has 1 heterocycles. The van der Waals surface area contributed by atoms with Crippen LogP contribution in [0.3, 0.4) is 0 Å². The van der Waals surface area contributed by atoms with E-state index in [2.05, 4.69) is 22.3 Å². The van der Waals surface area contributed by atoms with Gasteiger partial charge in [0.05, 0.1) is 0 Å². The van der Waals surface area contributed by atoms with E-state index < -0.39 is 0 Å². The number of ether oxygens (including phenoxy) is 1. The van der Waals surface area contributed by atoms with Gasteiger partial charge in [0.25, 0.3) is 0 Å². The summed E-state index contributed by atoms with van der Waals surface area (Å²) in [6.07, 6.45) is 5.26. The standard InChI is InChI=1S/C20H29N3O4/c24-19(22-26)10-9-15-5-7-16(8-6-15)13-23-12-11-21-18(14-23)20(25)27-17-3-1-2-4-17/h5-8,17-18,21,26H,1-4,9-14H2,(H,22,24). The molecule has 0 bridgehead atoms. The van der Waals surface area contributed by atoms with Gasteiger partial charge in [0.1, 0.15) is 12.1 Å². The van der Waals surface area contributed by atoms with Crippen molar-refractivity contribution in [2.75, 3.05) is 19.6 Å². The van der Waals surface area contributed by atoms with Crippen LogP contribution in [-0.2, 0) is 27.3 Å². The lowest BCUT2D eigenvalue weighted by Gasteiger charge is -2.33. The average molecular weight is 375 g/mol. The smallest absolute Gasteiger partial charge is 0.324 e. The van der Waals surface area contributed by atoms with Gasteiger partial charge in [0.2, 0.25) is 5.91 Å². The second kappa shape index (κ2) is 9.82. The van der Waals surface area contributed by atoms with Gasteiger partial charge in [-0.15, -0.1) is 0 Å². The van der Waals surface area contributed by atoms with E-state index in [1.165, 1.54) is 5.56 Å². The Morgan fingerprint density at radius 3 is 2.59 bits per heavy atom. The van der Waals surface area contributed by atoms with Crippen molar-refractivity contribution in [3.8, 4) is 0 Å². The molecule has 3 N–H and O–H groups in total. The highest BCUT2D eigenvalue weighted by atomic mass is 16.5. The molecule has 1 aromatic rings. The number of aryl methyl sites for hydroxylation is 1. The highest BCUT2D eigenvalue weighted by Crippen LogP contribution is 2.21. The minimum Gasteiger partial charge on any atom is -0.461 e. The predicted molar refractivity (Wildman–Crippen MR) is 100 cm³/mol. The summed E-state index contributed by atoms with van der Waals surface area (Å²) in [7, 11) is 0. The van der Waals surface area contributed by atoms with Gasteiger partial charge in [-0.2, -0.15) is 0 Å². The van der Waals surface area contributed by atoms with Crippen LogP contribution < -0.4 is 10.8 Å². The molecule has 0 spiro atoms. The zero-order chi connectivity index (χ0) is 19.1. The van der Waals surface area contributed by atoms with Crippen LogP contribution >= 0.6 is 0 Å². The maximum absolute atomic E-state index is 12.4. The van der Waals surface area contributed by atoms with Crippen molar-refractivity contribution in [3.63, 3.8) is 0 Å². The molecule has 27 heavy (non-hydrogen) atoms. The lowest BCUT2D eigenvalue weighted by Crippen LogP contribution is -2.54. The number of carbonyl (C=O) groups excluding carboxylic acids is 2. The Morgan fingerprint density at radius 2 is 1.89 bits per heavy atom. The number of carbonyl (C=O) groups is 2. The zero-order valence-electron chi connectivity index (χ0n) is 15.7. The summed E-state index contributed by atoms with van der Waals surface area (Å²) in [5.41, 5.74) is 3.88. The van der Waals surface area contributed by atoms with E-state index >= 15 is 0 Å². The van der Waals surface area contributed by atoms with Crippen LogP contribution in [0.15, 0.2) is 24.3 Å². The summed E-state index contributed by atoms with van der Waals surface area (Å²) in [4.78, 5) is 25.8. The number of hydrogen-bond acceptors (Lipinski definition) is 6. The topological polar surface area (TPSA) is 90.9 Å². The highest BCUT2D eigenvalue weighted by Gasteiger charge is 2.29. The van der Waals surface area contributed by atoms with Gasteiger partial charge in [-0.1, -0.05) is 24.3 Å². The largest absolute Gasteiger partial charge is 0.461 e. The normalized spacial score (nSPS) is 21.1. The van der Waals surface area contributed by atoms with Crippen molar-refractivity contribution in [1.29, 1.82) is 0 Å². The van der Waals surface area contributed by atoms with Crippen LogP contribution in [0.2, 0.25) is 0 Å². The number of amides is 1. The van der Waals surface area contributed by atoms with Crippen molar-refractivity contribution in [2.45, 2.75) is 57.2 Å². The predicted octanol–water partition coefficient (Wildman–Crippen LogP) is 1.38. The molecule has 1 aromatic carbocycles. The van der Waals surface area contributed by atoms with Gasteiger partial charge in [0, 0.05) is 32.6 Å². The minimum absolute atomic E-state index is 0.107. The quantitative estimate of drug-likeness (QED) is 0.379. The Kier molecular flexibility index (Phi) is 7.20. The summed E-state index contributed by atoms with van der Waals surface area (Å²) in [6.45, 7) is 3.11. The Bertz CT molecular complexity index is 629. The van der Waals surface area contributed by atoms with Crippen molar-refractivity contribution < 1.29 is 19.5 Å². The van der Waals surface area contributed by atoms with E-state index in [-0.39, 0.29) is 30.4 Å². The van der Waals surface area contributed by atoms with Gasteiger partial charge in [0.15, 0.2) is 0 Å². The molecule has 148 valence electrons. The molecule has 1 atom stereocenters. The van der Waals surface area contributed by atoms with Crippen molar-refractivity contribution in [1.82, 2.24) is 15.7 Å². The summed E-state index contributed by atoms with van der Waals surface area (Å²) in [6, 6.07) is 7.87. The van der Waals surface area contributed by atoms with Crippen LogP contribution in [-0.4, -0.2) is 53.8 Å². The fourth-order valence-corrected chi connectivity index (χ4v) is 3.75. The molecule has 1 saturated carbocycles. The number of hydroxylamine groups is 1. The maximum atomic E-state index is 12.4. The second-order valence-corrected chi connectivity index (χ2v) is 7.44. The number of esters is 1. The average Bonchev–Trinajstić information content (AvgIpc) is 3.20. The molecule has 7 heteroatoms. The number of hydrogen-bond donors (Lipinski definition) is 3. The summed E-state index contributed by atoms with van der Waals surface area (Å²) in [5, 5.41) is 11.8. The third-order valence-electron chi connectivity index (χ3n) is 5.32. The minimum atomic E-state index is -0.379. The first kappa shape index (κ1) is 19.8. The first-order valence-corrected chi connectivity index (χ1v) is 9.81. The second-order valence-electron chi connectivity index (χ2n) is 7.44. The summed E-state index contributed by atoms with van der Waals surface area (Å²) >= 11 is 0. The first-order chi connectivity index (χ1) is 13.1. The fourth-order valence-electron chi connectivity index (χ4n) is 3.75. The molecule has 0 aromatic heterocycles. The number of piperazine rings is 1. The molecule has 1 unspecified atom stereocenters. The highest BCUT2D eigenvalue weighted by molar-refractivity contribution is 5.76. The maximum Gasteiger partial charge on any atom is 0.324 e. The van der Waals surface area contributed by atoms with Crippen LogP contribution in [0.5, 0.6) is 0 Å². The number of rotatable bonds is 7. The Labute approximate surface area is 160 Å². The molecule has 1 aliphatic carbocycles. The Hall–Kier alpha value is -1.96. The molecule has 2 fully saturated rings. The lowest BCUT2D eigenvalue weighted by molar-refractivity contribution is -0.152. The number of benzene rings is 1. The van der Waals surface area contributed by atoms with Crippen molar-refractivity contribution in [2.24, 2.45) is 0 Å². The van der Waals surface area contributed by atoms with E-state index in [9.17, 15) is 9.59 Å².